The van der Waals surface area contributed by atoms with E-state index in [0.29, 0.717) is 6.54 Å². The predicted molar refractivity (Wildman–Crippen MR) is 53.9 cm³/mol. The van der Waals surface area contributed by atoms with Gasteiger partial charge in [0.05, 0.1) is 0 Å². The molecule has 1 heterocycles. The van der Waals surface area contributed by atoms with Gasteiger partial charge in [-0.15, -0.1) is 0 Å². The first-order valence-electron chi connectivity index (χ1n) is 5.25. The summed E-state index contributed by atoms with van der Waals surface area (Å²) >= 11 is 0. The third-order valence-electron chi connectivity index (χ3n) is 2.29. The van der Waals surface area contributed by atoms with Crippen molar-refractivity contribution in [1.29, 1.82) is 0 Å². The van der Waals surface area contributed by atoms with Gasteiger partial charge in [-0.2, -0.15) is 0 Å². The predicted octanol–water partition coefficient (Wildman–Crippen LogP) is 0.0517. The molecule has 0 spiro atoms. The van der Waals surface area contributed by atoms with E-state index in [1.165, 1.54) is 4.90 Å². The molecule has 0 aromatic rings. The number of nitrogens with one attached hydrogen (secondary N) is 1. The largest absolute Gasteiger partial charge is 0.356 e. The molecule has 0 radical (unpaired) electrons. The van der Waals surface area contributed by atoms with Gasteiger partial charge in [-0.25, -0.2) is 0 Å². The smallest absolute Gasteiger partial charge is 0.229 e. The first-order valence-corrected chi connectivity index (χ1v) is 5.25. The second-order valence-corrected chi connectivity index (χ2v) is 3.54. The van der Waals surface area contributed by atoms with Gasteiger partial charge in [-0.1, -0.05) is 6.92 Å². The monoisotopic (exact) mass is 212 g/mol. The SMILES string of the molecule is CCCNC(=O)CCN1C(=O)CCC1=O. The third kappa shape index (κ3) is 3.34. The minimum atomic E-state index is -0.164. The summed E-state index contributed by atoms with van der Waals surface area (Å²) in [5.74, 6) is -0.434. The van der Waals surface area contributed by atoms with E-state index in [4.69, 9.17) is 0 Å². The van der Waals surface area contributed by atoms with E-state index in [-0.39, 0.29) is 43.5 Å². The van der Waals surface area contributed by atoms with Crippen molar-refractivity contribution in [3.63, 3.8) is 0 Å². The van der Waals surface area contributed by atoms with Crippen LogP contribution >= 0.6 is 0 Å². The number of amides is 3. The van der Waals surface area contributed by atoms with Crippen molar-refractivity contribution in [2.45, 2.75) is 32.6 Å². The highest BCUT2D eigenvalue weighted by molar-refractivity contribution is 6.02. The number of carbonyl (C=O) groups is 3. The van der Waals surface area contributed by atoms with Crippen LogP contribution in [0.5, 0.6) is 0 Å². The molecular weight excluding hydrogens is 196 g/mol. The van der Waals surface area contributed by atoms with Gasteiger partial charge in [0.25, 0.3) is 0 Å². The van der Waals surface area contributed by atoms with Gasteiger partial charge in [0.2, 0.25) is 17.7 Å². The molecule has 0 aromatic heterocycles. The van der Waals surface area contributed by atoms with Crippen LogP contribution in [0, 0.1) is 0 Å². The molecule has 1 N–H and O–H groups in total. The number of carbonyl (C=O) groups excluding carboxylic acids is 3. The molecule has 0 bridgehead atoms. The first-order chi connectivity index (χ1) is 7.15. The molecule has 1 aliphatic heterocycles. The van der Waals surface area contributed by atoms with Gasteiger partial charge in [0.15, 0.2) is 0 Å². The van der Waals surface area contributed by atoms with Crippen molar-refractivity contribution < 1.29 is 14.4 Å². The molecule has 1 fully saturated rings. The fraction of sp³-hybridized carbons (Fsp3) is 0.700. The molecule has 84 valence electrons. The fourth-order valence-corrected chi connectivity index (χ4v) is 1.44. The van der Waals surface area contributed by atoms with Crippen molar-refractivity contribution in [2.24, 2.45) is 0 Å². The molecule has 0 saturated carbocycles. The quantitative estimate of drug-likeness (QED) is 0.655. The lowest BCUT2D eigenvalue weighted by molar-refractivity contribution is -0.138. The van der Waals surface area contributed by atoms with Gasteiger partial charge in [0, 0.05) is 32.4 Å². The van der Waals surface area contributed by atoms with Crippen LogP contribution in [0.4, 0.5) is 0 Å². The average molecular weight is 212 g/mol. The van der Waals surface area contributed by atoms with Crippen LogP contribution < -0.4 is 5.32 Å². The van der Waals surface area contributed by atoms with Crippen LogP contribution in [0.3, 0.4) is 0 Å². The molecule has 0 aliphatic carbocycles. The lowest BCUT2D eigenvalue weighted by atomic mass is 10.3. The summed E-state index contributed by atoms with van der Waals surface area (Å²) in [6.07, 6.45) is 1.66. The Kier molecular flexibility index (Phi) is 4.27. The molecule has 0 unspecified atom stereocenters. The minimum Gasteiger partial charge on any atom is -0.356 e. The Hall–Kier alpha value is -1.39. The highest BCUT2D eigenvalue weighted by Crippen LogP contribution is 2.11. The maximum atomic E-state index is 11.2. The summed E-state index contributed by atoms with van der Waals surface area (Å²) in [5, 5.41) is 2.70. The zero-order valence-corrected chi connectivity index (χ0v) is 8.91. The lowest BCUT2D eigenvalue weighted by Crippen LogP contribution is -2.34. The van der Waals surface area contributed by atoms with Gasteiger partial charge < -0.3 is 5.32 Å². The summed E-state index contributed by atoms with van der Waals surface area (Å²) in [5.41, 5.74) is 0. The second-order valence-electron chi connectivity index (χ2n) is 3.54. The summed E-state index contributed by atoms with van der Waals surface area (Å²) in [6.45, 7) is 2.82. The molecule has 5 nitrogen and oxygen atoms in total. The van der Waals surface area contributed by atoms with Gasteiger partial charge in [0.1, 0.15) is 0 Å². The van der Waals surface area contributed by atoms with Crippen LogP contribution in [0.1, 0.15) is 32.6 Å². The van der Waals surface area contributed by atoms with Crippen LogP contribution in [-0.4, -0.2) is 35.7 Å². The topological polar surface area (TPSA) is 66.5 Å². The van der Waals surface area contributed by atoms with Crippen LogP contribution in [0.15, 0.2) is 0 Å². The molecule has 1 saturated heterocycles. The van der Waals surface area contributed by atoms with E-state index >= 15 is 0 Å². The molecule has 1 aliphatic rings. The first kappa shape index (κ1) is 11.7. The second kappa shape index (κ2) is 5.48. The molecule has 1 rings (SSSR count). The third-order valence-corrected chi connectivity index (χ3v) is 2.29. The summed E-state index contributed by atoms with van der Waals surface area (Å²) < 4.78 is 0. The van der Waals surface area contributed by atoms with E-state index in [2.05, 4.69) is 5.32 Å². The standard InChI is InChI=1S/C10H16N2O3/c1-2-6-11-8(13)5-7-12-9(14)3-4-10(12)15/h2-7H2,1H3,(H,11,13). The number of likely N-dealkylation sites (tertiary alicyclic amines) is 1. The van der Waals surface area contributed by atoms with E-state index in [1.54, 1.807) is 0 Å². The fourth-order valence-electron chi connectivity index (χ4n) is 1.44. The number of nitrogens with zero attached hydrogens (tertiary/aromatic N) is 1. The van der Waals surface area contributed by atoms with E-state index in [1.807, 2.05) is 6.92 Å². The lowest BCUT2D eigenvalue weighted by Gasteiger charge is -2.12. The Morgan fingerprint density at radius 3 is 2.47 bits per heavy atom. The van der Waals surface area contributed by atoms with Crippen molar-refractivity contribution in [2.75, 3.05) is 13.1 Å². The van der Waals surface area contributed by atoms with Crippen LogP contribution in [-0.2, 0) is 14.4 Å². The van der Waals surface area contributed by atoms with E-state index in [0.717, 1.165) is 6.42 Å². The van der Waals surface area contributed by atoms with Gasteiger partial charge >= 0.3 is 0 Å². The van der Waals surface area contributed by atoms with Gasteiger partial charge in [-0.05, 0) is 6.42 Å². The molecule has 15 heavy (non-hydrogen) atoms. The summed E-state index contributed by atoms with van der Waals surface area (Å²) in [4.78, 5) is 34.8. The molecule has 0 atom stereocenters. The van der Waals surface area contributed by atoms with Crippen molar-refractivity contribution >= 4 is 17.7 Å². The zero-order valence-electron chi connectivity index (χ0n) is 8.91. The normalized spacial score (nSPS) is 15.9. The van der Waals surface area contributed by atoms with Crippen LogP contribution in [0.2, 0.25) is 0 Å². The highest BCUT2D eigenvalue weighted by Gasteiger charge is 2.28. The molecule has 5 heteroatoms. The number of rotatable bonds is 5. The number of hydrogen-bond acceptors (Lipinski definition) is 3. The molecular formula is C10H16N2O3. The van der Waals surface area contributed by atoms with Gasteiger partial charge in [-0.3, -0.25) is 19.3 Å². The van der Waals surface area contributed by atoms with Crippen molar-refractivity contribution in [1.82, 2.24) is 10.2 Å². The maximum absolute atomic E-state index is 11.2. The zero-order chi connectivity index (χ0) is 11.3. The number of hydrogen-bond donors (Lipinski definition) is 1. The Morgan fingerprint density at radius 1 is 1.33 bits per heavy atom. The summed E-state index contributed by atoms with van der Waals surface area (Å²) in [7, 11) is 0. The Balaban J connectivity index is 2.27. The Bertz CT molecular complexity index is 260. The molecule has 0 aromatic carbocycles. The summed E-state index contributed by atoms with van der Waals surface area (Å²) in [6, 6.07) is 0. The highest BCUT2D eigenvalue weighted by atomic mass is 16.2. The minimum absolute atomic E-state index is 0.107. The van der Waals surface area contributed by atoms with Crippen molar-refractivity contribution in [3.8, 4) is 0 Å². The molecule has 3 amide bonds. The maximum Gasteiger partial charge on any atom is 0.229 e. The van der Waals surface area contributed by atoms with Crippen molar-refractivity contribution in [3.05, 3.63) is 0 Å². The average Bonchev–Trinajstić information content (AvgIpc) is 2.53. The Labute approximate surface area is 88.8 Å². The van der Waals surface area contributed by atoms with E-state index < -0.39 is 0 Å². The van der Waals surface area contributed by atoms with E-state index in [9.17, 15) is 14.4 Å². The number of imide groups is 1. The Morgan fingerprint density at radius 2 is 1.93 bits per heavy atom. The van der Waals surface area contributed by atoms with Crippen LogP contribution in [0.25, 0.3) is 0 Å².